The van der Waals surface area contributed by atoms with Gasteiger partial charge in [0.1, 0.15) is 10.3 Å². The number of fused-ring (bicyclic) bond motifs is 1. The molecule has 0 saturated carbocycles. The highest BCUT2D eigenvalue weighted by Gasteiger charge is 2.28. The number of nitrogens with one attached hydrogen (secondary N) is 1. The van der Waals surface area contributed by atoms with Gasteiger partial charge in [-0.15, -0.1) is 11.3 Å². The van der Waals surface area contributed by atoms with Crippen molar-refractivity contribution in [1.29, 1.82) is 0 Å². The standard InChI is InChI=1S/C23H22N2O4S2/c1-15-7-9-16(10-8-15)21-11-12-22(30-21)31(28,29)24-19(23(26)27)13-17-14-25(2)20-6-4-3-5-18(17)20/h3-12,14,19,24H,13H2,1-2H3,(H,26,27)/t19-/m0/s1. The summed E-state index contributed by atoms with van der Waals surface area (Å²) < 4.78 is 30.2. The Morgan fingerprint density at radius 2 is 1.81 bits per heavy atom. The summed E-state index contributed by atoms with van der Waals surface area (Å²) in [6.07, 6.45) is 1.89. The molecular weight excluding hydrogens is 432 g/mol. The molecule has 0 amide bonds. The van der Waals surface area contributed by atoms with Gasteiger partial charge in [-0.05, 0) is 36.2 Å². The van der Waals surface area contributed by atoms with Gasteiger partial charge in [0.15, 0.2) is 0 Å². The molecule has 1 atom stereocenters. The Morgan fingerprint density at radius 3 is 2.52 bits per heavy atom. The van der Waals surface area contributed by atoms with Crippen LogP contribution in [0.25, 0.3) is 21.3 Å². The van der Waals surface area contributed by atoms with Crippen LogP contribution in [0.4, 0.5) is 0 Å². The lowest BCUT2D eigenvalue weighted by atomic mass is 10.1. The van der Waals surface area contributed by atoms with Gasteiger partial charge in [0.2, 0.25) is 0 Å². The minimum atomic E-state index is -3.99. The van der Waals surface area contributed by atoms with Crippen molar-refractivity contribution in [2.45, 2.75) is 23.6 Å². The predicted molar refractivity (Wildman–Crippen MR) is 123 cm³/mol. The Bertz CT molecular complexity index is 1350. The van der Waals surface area contributed by atoms with Gasteiger partial charge in [0, 0.05) is 35.4 Å². The number of carbonyl (C=O) groups is 1. The SMILES string of the molecule is Cc1ccc(-c2ccc(S(=O)(=O)N[C@@H](Cc3cn(C)c4ccccc34)C(=O)O)s2)cc1. The number of thiophene rings is 1. The van der Waals surface area contributed by atoms with Crippen molar-refractivity contribution in [3.63, 3.8) is 0 Å². The molecule has 2 heterocycles. The number of sulfonamides is 1. The van der Waals surface area contributed by atoms with Crippen molar-refractivity contribution in [1.82, 2.24) is 9.29 Å². The third-order valence-electron chi connectivity index (χ3n) is 5.18. The van der Waals surface area contributed by atoms with Crippen molar-refractivity contribution < 1.29 is 18.3 Å². The molecule has 31 heavy (non-hydrogen) atoms. The minimum Gasteiger partial charge on any atom is -0.480 e. The molecule has 160 valence electrons. The number of aromatic nitrogens is 1. The highest BCUT2D eigenvalue weighted by molar-refractivity contribution is 7.91. The van der Waals surface area contributed by atoms with Crippen LogP contribution in [-0.2, 0) is 28.3 Å². The molecule has 0 fully saturated rings. The van der Waals surface area contributed by atoms with E-state index in [1.54, 1.807) is 6.07 Å². The lowest BCUT2D eigenvalue weighted by molar-refractivity contribution is -0.138. The molecule has 4 aromatic rings. The second-order valence-electron chi connectivity index (χ2n) is 7.48. The van der Waals surface area contributed by atoms with Gasteiger partial charge >= 0.3 is 5.97 Å². The number of rotatable bonds is 7. The van der Waals surface area contributed by atoms with Crippen LogP contribution in [0.2, 0.25) is 0 Å². The Kier molecular flexibility index (Phi) is 5.70. The van der Waals surface area contributed by atoms with E-state index in [4.69, 9.17) is 0 Å². The van der Waals surface area contributed by atoms with Crippen LogP contribution in [-0.4, -0.2) is 30.1 Å². The number of aliphatic carboxylic acids is 1. The lowest BCUT2D eigenvalue weighted by Crippen LogP contribution is -2.42. The summed E-state index contributed by atoms with van der Waals surface area (Å²) in [6, 6.07) is 17.4. The molecule has 0 aliphatic carbocycles. The summed E-state index contributed by atoms with van der Waals surface area (Å²) >= 11 is 1.12. The van der Waals surface area contributed by atoms with Crippen molar-refractivity contribution in [3.05, 3.63) is 78.0 Å². The molecule has 0 unspecified atom stereocenters. The number of carboxylic acids is 1. The molecule has 0 aliphatic rings. The van der Waals surface area contributed by atoms with Gasteiger partial charge in [-0.2, -0.15) is 4.72 Å². The summed E-state index contributed by atoms with van der Waals surface area (Å²) in [6.45, 7) is 1.99. The fourth-order valence-corrected chi connectivity index (χ4v) is 6.09. The molecule has 0 bridgehead atoms. The third kappa shape index (κ3) is 4.41. The van der Waals surface area contributed by atoms with Crippen molar-refractivity contribution in [2.24, 2.45) is 7.05 Å². The summed E-state index contributed by atoms with van der Waals surface area (Å²) in [5.74, 6) is -1.22. The Morgan fingerprint density at radius 1 is 1.10 bits per heavy atom. The van der Waals surface area contributed by atoms with E-state index in [1.807, 2.05) is 73.3 Å². The summed E-state index contributed by atoms with van der Waals surface area (Å²) in [5.41, 5.74) is 3.78. The maximum Gasteiger partial charge on any atom is 0.322 e. The predicted octanol–water partition coefficient (Wildman–Crippen LogP) is 4.19. The van der Waals surface area contributed by atoms with Crippen molar-refractivity contribution in [3.8, 4) is 10.4 Å². The lowest BCUT2D eigenvalue weighted by Gasteiger charge is -2.13. The van der Waals surface area contributed by atoms with E-state index in [0.29, 0.717) is 0 Å². The molecule has 2 aromatic heterocycles. The molecule has 0 saturated heterocycles. The maximum absolute atomic E-state index is 12.9. The zero-order valence-electron chi connectivity index (χ0n) is 17.1. The Labute approximate surface area is 184 Å². The van der Waals surface area contributed by atoms with Crippen LogP contribution in [0.5, 0.6) is 0 Å². The van der Waals surface area contributed by atoms with Gasteiger partial charge in [-0.25, -0.2) is 8.42 Å². The van der Waals surface area contributed by atoms with E-state index >= 15 is 0 Å². The molecule has 0 radical (unpaired) electrons. The molecule has 8 heteroatoms. The molecule has 6 nitrogen and oxygen atoms in total. The van der Waals surface area contributed by atoms with Gasteiger partial charge < -0.3 is 9.67 Å². The summed E-state index contributed by atoms with van der Waals surface area (Å²) in [5, 5.41) is 10.6. The maximum atomic E-state index is 12.9. The number of benzene rings is 2. The molecule has 2 aromatic carbocycles. The molecule has 0 spiro atoms. The fraction of sp³-hybridized carbons (Fsp3) is 0.174. The topological polar surface area (TPSA) is 88.4 Å². The number of para-hydroxylation sites is 1. The number of hydrogen-bond acceptors (Lipinski definition) is 4. The zero-order chi connectivity index (χ0) is 22.2. The average molecular weight is 455 g/mol. The Hall–Kier alpha value is -2.94. The van der Waals surface area contributed by atoms with Crippen molar-refractivity contribution >= 4 is 38.2 Å². The van der Waals surface area contributed by atoms with E-state index < -0.39 is 22.0 Å². The Balaban J connectivity index is 1.59. The minimum absolute atomic E-state index is 0.0477. The van der Waals surface area contributed by atoms with Gasteiger partial charge in [0.25, 0.3) is 10.0 Å². The number of nitrogens with zero attached hydrogens (tertiary/aromatic N) is 1. The smallest absolute Gasteiger partial charge is 0.322 e. The molecule has 4 rings (SSSR count). The van der Waals surface area contributed by atoms with Gasteiger partial charge in [0.05, 0.1) is 0 Å². The monoisotopic (exact) mass is 454 g/mol. The molecule has 2 N–H and O–H groups in total. The highest BCUT2D eigenvalue weighted by Crippen LogP contribution is 2.31. The van der Waals surface area contributed by atoms with Crippen LogP contribution < -0.4 is 4.72 Å². The summed E-state index contributed by atoms with van der Waals surface area (Å²) in [4.78, 5) is 12.7. The van der Waals surface area contributed by atoms with E-state index in [-0.39, 0.29) is 10.6 Å². The van der Waals surface area contributed by atoms with E-state index in [1.165, 1.54) is 6.07 Å². The second kappa shape index (κ2) is 8.30. The van der Waals surface area contributed by atoms with E-state index in [9.17, 15) is 18.3 Å². The van der Waals surface area contributed by atoms with E-state index in [0.717, 1.165) is 43.8 Å². The first kappa shape index (κ1) is 21.3. The van der Waals surface area contributed by atoms with Crippen LogP contribution in [0.3, 0.4) is 0 Å². The quantitative estimate of drug-likeness (QED) is 0.438. The fourth-order valence-electron chi connectivity index (χ4n) is 3.57. The normalized spacial score (nSPS) is 12.8. The van der Waals surface area contributed by atoms with Crippen LogP contribution in [0, 0.1) is 6.92 Å². The number of aryl methyl sites for hydroxylation is 2. The highest BCUT2D eigenvalue weighted by atomic mass is 32.2. The first-order valence-corrected chi connectivity index (χ1v) is 12.0. The van der Waals surface area contributed by atoms with Crippen LogP contribution in [0.1, 0.15) is 11.1 Å². The van der Waals surface area contributed by atoms with Gasteiger partial charge in [-0.3, -0.25) is 4.79 Å². The first-order chi connectivity index (χ1) is 14.7. The average Bonchev–Trinajstić information content (AvgIpc) is 3.35. The van der Waals surface area contributed by atoms with Crippen LogP contribution >= 0.6 is 11.3 Å². The summed E-state index contributed by atoms with van der Waals surface area (Å²) in [7, 11) is -2.11. The molecular formula is C23H22N2O4S2. The number of carboxylic acid groups (broad SMARTS) is 1. The number of hydrogen-bond donors (Lipinski definition) is 2. The van der Waals surface area contributed by atoms with E-state index in [2.05, 4.69) is 4.72 Å². The second-order valence-corrected chi connectivity index (χ2v) is 10.5. The van der Waals surface area contributed by atoms with Crippen molar-refractivity contribution in [2.75, 3.05) is 0 Å². The zero-order valence-corrected chi connectivity index (χ0v) is 18.7. The first-order valence-electron chi connectivity index (χ1n) is 9.69. The van der Waals surface area contributed by atoms with Gasteiger partial charge in [-0.1, -0.05) is 48.0 Å². The largest absolute Gasteiger partial charge is 0.480 e. The van der Waals surface area contributed by atoms with Crippen LogP contribution in [0.15, 0.2) is 71.1 Å². The third-order valence-corrected chi connectivity index (χ3v) is 8.28. The molecule has 0 aliphatic heterocycles.